The van der Waals surface area contributed by atoms with E-state index in [9.17, 15) is 0 Å². The number of ether oxygens (including phenoxy) is 1. The molecule has 0 aromatic carbocycles. The van der Waals surface area contributed by atoms with Crippen LogP contribution in [0.3, 0.4) is 0 Å². The van der Waals surface area contributed by atoms with E-state index >= 15 is 0 Å². The van der Waals surface area contributed by atoms with E-state index in [2.05, 4.69) is 0 Å². The van der Waals surface area contributed by atoms with Crippen molar-refractivity contribution in [2.75, 3.05) is 13.7 Å². The monoisotopic (exact) mass is 318 g/mol. The van der Waals surface area contributed by atoms with Crippen LogP contribution in [0.4, 0.5) is 0 Å². The summed E-state index contributed by atoms with van der Waals surface area (Å²) in [5.41, 5.74) is 0. The summed E-state index contributed by atoms with van der Waals surface area (Å²) in [6.45, 7) is 4.33. The predicted octanol–water partition coefficient (Wildman–Crippen LogP) is 4.90. The highest BCUT2D eigenvalue weighted by Gasteiger charge is 2.35. The average molecular weight is 318 g/mol. The van der Waals surface area contributed by atoms with Gasteiger partial charge >= 0.3 is 0 Å². The lowest BCUT2D eigenvalue weighted by Crippen LogP contribution is -2.37. The minimum atomic E-state index is -0.820. The van der Waals surface area contributed by atoms with E-state index in [1.807, 2.05) is 13.8 Å². The van der Waals surface area contributed by atoms with E-state index in [0.29, 0.717) is 6.61 Å². The normalized spacial score (nSPS) is 22.5. The Kier molecular flexibility index (Phi) is 11.1. The van der Waals surface area contributed by atoms with Gasteiger partial charge in [-0.1, -0.05) is 44.9 Å². The third-order valence-corrected chi connectivity index (χ3v) is 4.09. The summed E-state index contributed by atoms with van der Waals surface area (Å²) in [7, 11) is 1.52. The molecule has 0 N–H and O–H groups in total. The molecular weight excluding hydrogens is 284 g/mol. The lowest BCUT2D eigenvalue weighted by atomic mass is 9.97. The summed E-state index contributed by atoms with van der Waals surface area (Å²) in [6.07, 6.45) is 12.2. The molecule has 1 atom stereocenters. The maximum atomic E-state index is 5.66. The molecule has 0 saturated heterocycles. The van der Waals surface area contributed by atoms with Gasteiger partial charge in [-0.05, 0) is 26.7 Å². The molecule has 0 heterocycles. The second-order valence-corrected chi connectivity index (χ2v) is 6.05. The molecule has 1 fully saturated rings. The maximum Gasteiger partial charge on any atom is 0.234 e. The van der Waals surface area contributed by atoms with Crippen LogP contribution >= 0.6 is 0 Å². The predicted molar refractivity (Wildman–Crippen MR) is 84.9 cm³/mol. The topological polar surface area (TPSA) is 46.2 Å². The van der Waals surface area contributed by atoms with Gasteiger partial charge in [-0.2, -0.15) is 9.78 Å². The SMILES string of the molecule is CCO[C@@H](C)OOC1(OOC)CCCCCCCCCCC1. The van der Waals surface area contributed by atoms with Crippen molar-refractivity contribution in [3.8, 4) is 0 Å². The number of rotatable bonds is 7. The Bertz CT molecular complexity index is 247. The van der Waals surface area contributed by atoms with Crippen molar-refractivity contribution in [3.05, 3.63) is 0 Å². The largest absolute Gasteiger partial charge is 0.350 e. The standard InChI is InChI=1S/C17H34O5/c1-4-19-16(2)20-22-17(21-18-3)14-12-10-8-6-5-7-9-11-13-15-17/h16H,4-15H2,1-3H3/t16-/m1/s1. The average Bonchev–Trinajstić information content (AvgIpc) is 2.49. The van der Waals surface area contributed by atoms with E-state index in [4.69, 9.17) is 24.3 Å². The van der Waals surface area contributed by atoms with Gasteiger partial charge < -0.3 is 4.74 Å². The van der Waals surface area contributed by atoms with Crippen LogP contribution in [0.2, 0.25) is 0 Å². The maximum absolute atomic E-state index is 5.66. The zero-order valence-corrected chi connectivity index (χ0v) is 14.6. The molecule has 22 heavy (non-hydrogen) atoms. The van der Waals surface area contributed by atoms with Gasteiger partial charge in [0.25, 0.3) is 0 Å². The fourth-order valence-electron chi connectivity index (χ4n) is 2.90. The first-order chi connectivity index (χ1) is 10.7. The Morgan fingerprint density at radius 3 is 1.77 bits per heavy atom. The molecule has 0 spiro atoms. The van der Waals surface area contributed by atoms with Crippen molar-refractivity contribution in [2.45, 2.75) is 96.6 Å². The van der Waals surface area contributed by atoms with Crippen molar-refractivity contribution in [1.82, 2.24) is 0 Å². The molecule has 0 radical (unpaired) electrons. The lowest BCUT2D eigenvalue weighted by Gasteiger charge is -2.31. The zero-order valence-electron chi connectivity index (χ0n) is 14.6. The van der Waals surface area contributed by atoms with E-state index in [0.717, 1.165) is 25.7 Å². The highest BCUT2D eigenvalue weighted by molar-refractivity contribution is 4.69. The van der Waals surface area contributed by atoms with E-state index < -0.39 is 12.1 Å². The Morgan fingerprint density at radius 2 is 1.32 bits per heavy atom. The van der Waals surface area contributed by atoms with Crippen LogP contribution in [0.5, 0.6) is 0 Å². The van der Waals surface area contributed by atoms with Crippen LogP contribution in [-0.4, -0.2) is 25.8 Å². The van der Waals surface area contributed by atoms with Crippen LogP contribution in [0.25, 0.3) is 0 Å². The van der Waals surface area contributed by atoms with Gasteiger partial charge in [-0.15, -0.1) is 0 Å². The van der Waals surface area contributed by atoms with Crippen LogP contribution < -0.4 is 0 Å². The Morgan fingerprint density at radius 1 is 0.818 bits per heavy atom. The molecule has 1 aliphatic rings. The fourth-order valence-corrected chi connectivity index (χ4v) is 2.90. The van der Waals surface area contributed by atoms with Gasteiger partial charge in [0, 0.05) is 19.4 Å². The Labute approximate surface area is 135 Å². The van der Waals surface area contributed by atoms with Gasteiger partial charge in [0.1, 0.15) is 0 Å². The molecule has 0 aliphatic heterocycles. The summed E-state index contributed by atoms with van der Waals surface area (Å²) in [4.78, 5) is 21.5. The first-order valence-electron chi connectivity index (χ1n) is 8.90. The van der Waals surface area contributed by atoms with Crippen LogP contribution in [-0.2, 0) is 24.3 Å². The molecule has 0 bridgehead atoms. The van der Waals surface area contributed by atoms with E-state index in [1.54, 1.807) is 0 Å². The molecule has 0 aromatic rings. The molecule has 0 amide bonds. The summed E-state index contributed by atoms with van der Waals surface area (Å²) >= 11 is 0. The summed E-state index contributed by atoms with van der Waals surface area (Å²) in [5.74, 6) is -0.820. The molecule has 1 rings (SSSR count). The van der Waals surface area contributed by atoms with Crippen LogP contribution in [0.15, 0.2) is 0 Å². The van der Waals surface area contributed by atoms with E-state index in [-0.39, 0.29) is 0 Å². The molecule has 0 unspecified atom stereocenters. The summed E-state index contributed by atoms with van der Waals surface area (Å²) in [5, 5.41) is 0. The molecule has 1 saturated carbocycles. The Balaban J connectivity index is 2.57. The van der Waals surface area contributed by atoms with Crippen LogP contribution in [0, 0.1) is 0 Å². The fraction of sp³-hybridized carbons (Fsp3) is 1.00. The molecular formula is C17H34O5. The first kappa shape index (κ1) is 19.8. The van der Waals surface area contributed by atoms with Crippen molar-refractivity contribution in [2.24, 2.45) is 0 Å². The van der Waals surface area contributed by atoms with Crippen LogP contribution in [0.1, 0.15) is 84.5 Å². The number of hydrogen-bond acceptors (Lipinski definition) is 5. The molecule has 0 aromatic heterocycles. The van der Waals surface area contributed by atoms with Gasteiger partial charge in [-0.25, -0.2) is 9.78 Å². The molecule has 5 heteroatoms. The summed E-state index contributed by atoms with van der Waals surface area (Å²) < 4.78 is 5.35. The quantitative estimate of drug-likeness (QED) is 0.380. The van der Waals surface area contributed by atoms with Crippen molar-refractivity contribution in [3.63, 3.8) is 0 Å². The lowest BCUT2D eigenvalue weighted by molar-refractivity contribution is -0.530. The Hall–Kier alpha value is -0.200. The highest BCUT2D eigenvalue weighted by Crippen LogP contribution is 2.30. The third-order valence-electron chi connectivity index (χ3n) is 4.09. The summed E-state index contributed by atoms with van der Waals surface area (Å²) in [6, 6.07) is 0. The van der Waals surface area contributed by atoms with E-state index in [1.165, 1.54) is 52.1 Å². The molecule has 1 aliphatic carbocycles. The molecule has 132 valence electrons. The zero-order chi connectivity index (χ0) is 16.1. The van der Waals surface area contributed by atoms with Gasteiger partial charge in [-0.3, -0.25) is 0 Å². The van der Waals surface area contributed by atoms with Gasteiger partial charge in [0.2, 0.25) is 5.79 Å². The second kappa shape index (κ2) is 12.3. The van der Waals surface area contributed by atoms with Gasteiger partial charge in [0.05, 0.1) is 7.11 Å². The second-order valence-electron chi connectivity index (χ2n) is 6.05. The van der Waals surface area contributed by atoms with Crippen molar-refractivity contribution >= 4 is 0 Å². The van der Waals surface area contributed by atoms with Gasteiger partial charge in [0.15, 0.2) is 6.29 Å². The molecule has 5 nitrogen and oxygen atoms in total. The van der Waals surface area contributed by atoms with Crippen molar-refractivity contribution in [1.29, 1.82) is 0 Å². The highest BCUT2D eigenvalue weighted by atomic mass is 17.3. The smallest absolute Gasteiger partial charge is 0.234 e. The van der Waals surface area contributed by atoms with Crippen molar-refractivity contribution < 1.29 is 24.3 Å². The third kappa shape index (κ3) is 8.44. The minimum absolute atomic E-state index is 0.413. The minimum Gasteiger partial charge on any atom is -0.350 e. The number of hydrogen-bond donors (Lipinski definition) is 0. The first-order valence-corrected chi connectivity index (χ1v) is 8.90.